The highest BCUT2D eigenvalue weighted by Crippen LogP contribution is 1.91. The second-order valence-corrected chi connectivity index (χ2v) is 3.09. The van der Waals surface area contributed by atoms with E-state index in [1.807, 2.05) is 0 Å². The van der Waals surface area contributed by atoms with Gasteiger partial charge in [0.25, 0.3) is 0 Å². The van der Waals surface area contributed by atoms with E-state index in [1.165, 1.54) is 12.2 Å². The first kappa shape index (κ1) is 17.1. The smallest absolute Gasteiger partial charge is 0.432 e. The van der Waals surface area contributed by atoms with Crippen molar-refractivity contribution in [3.63, 3.8) is 0 Å². The number of carbonyl (C=O) groups is 2. The summed E-state index contributed by atoms with van der Waals surface area (Å²) in [5.41, 5.74) is 0. The van der Waals surface area contributed by atoms with Crippen LogP contribution in [0.1, 0.15) is 6.42 Å². The van der Waals surface area contributed by atoms with Gasteiger partial charge in [0.2, 0.25) is 0 Å². The summed E-state index contributed by atoms with van der Waals surface area (Å²) < 4.78 is 14.2. The summed E-state index contributed by atoms with van der Waals surface area (Å²) in [4.78, 5) is 30.7. The molecule has 0 heterocycles. The van der Waals surface area contributed by atoms with Crippen molar-refractivity contribution in [1.82, 2.24) is 0 Å². The standard InChI is InChI=1S/C12H18O7/c1-3-6-16-12(14)17-10-9-15-8-5-11(13)19-18-7-4-2/h3-4H,1-2,5-10H2. The Morgan fingerprint density at radius 3 is 2.37 bits per heavy atom. The number of carbonyl (C=O) groups excluding carboxylic acids is 2. The molecule has 0 aliphatic carbocycles. The Bertz CT molecular complexity index is 288. The molecule has 0 saturated heterocycles. The molecule has 0 aromatic rings. The lowest BCUT2D eigenvalue weighted by atomic mass is 10.5. The second-order valence-electron chi connectivity index (χ2n) is 3.09. The van der Waals surface area contributed by atoms with Crippen molar-refractivity contribution >= 4 is 12.1 Å². The zero-order valence-electron chi connectivity index (χ0n) is 10.7. The van der Waals surface area contributed by atoms with Crippen molar-refractivity contribution in [2.45, 2.75) is 6.42 Å². The maximum absolute atomic E-state index is 11.0. The van der Waals surface area contributed by atoms with Gasteiger partial charge < -0.3 is 14.2 Å². The van der Waals surface area contributed by atoms with E-state index in [0.29, 0.717) is 0 Å². The molecule has 0 N–H and O–H groups in total. The van der Waals surface area contributed by atoms with Gasteiger partial charge in [-0.2, -0.15) is 4.89 Å². The van der Waals surface area contributed by atoms with Gasteiger partial charge in [0.05, 0.1) is 19.6 Å². The molecule has 0 radical (unpaired) electrons. The fourth-order valence-electron chi connectivity index (χ4n) is 0.800. The van der Waals surface area contributed by atoms with Crippen LogP contribution in [0.4, 0.5) is 4.79 Å². The zero-order valence-corrected chi connectivity index (χ0v) is 10.7. The molecule has 108 valence electrons. The average Bonchev–Trinajstić information content (AvgIpc) is 2.40. The highest BCUT2D eigenvalue weighted by atomic mass is 17.2. The Morgan fingerprint density at radius 2 is 1.68 bits per heavy atom. The van der Waals surface area contributed by atoms with E-state index in [4.69, 9.17) is 4.74 Å². The predicted octanol–water partition coefficient (Wildman–Crippen LogP) is 1.39. The molecule has 0 aliphatic rings. The van der Waals surface area contributed by atoms with Crippen LogP contribution in [-0.4, -0.2) is 45.2 Å². The van der Waals surface area contributed by atoms with Gasteiger partial charge in [-0.15, -0.1) is 6.58 Å². The van der Waals surface area contributed by atoms with Gasteiger partial charge >= 0.3 is 12.1 Å². The minimum atomic E-state index is -0.791. The van der Waals surface area contributed by atoms with Crippen molar-refractivity contribution in [2.75, 3.05) is 33.0 Å². The van der Waals surface area contributed by atoms with Gasteiger partial charge in [-0.25, -0.2) is 9.59 Å². The van der Waals surface area contributed by atoms with Crippen LogP contribution in [0.25, 0.3) is 0 Å². The molecule has 7 nitrogen and oxygen atoms in total. The predicted molar refractivity (Wildman–Crippen MR) is 65.2 cm³/mol. The lowest BCUT2D eigenvalue weighted by Crippen LogP contribution is -2.14. The summed E-state index contributed by atoms with van der Waals surface area (Å²) in [7, 11) is 0. The summed E-state index contributed by atoms with van der Waals surface area (Å²) in [5.74, 6) is -0.548. The van der Waals surface area contributed by atoms with E-state index >= 15 is 0 Å². The Balaban J connectivity index is 3.30. The van der Waals surface area contributed by atoms with Crippen molar-refractivity contribution in [1.29, 1.82) is 0 Å². The van der Waals surface area contributed by atoms with Crippen LogP contribution in [-0.2, 0) is 28.8 Å². The molecule has 19 heavy (non-hydrogen) atoms. The minimum Gasteiger partial charge on any atom is -0.432 e. The van der Waals surface area contributed by atoms with Crippen LogP contribution < -0.4 is 0 Å². The van der Waals surface area contributed by atoms with E-state index in [1.54, 1.807) is 0 Å². The average molecular weight is 274 g/mol. The van der Waals surface area contributed by atoms with Crippen LogP contribution >= 0.6 is 0 Å². The summed E-state index contributed by atoms with van der Waals surface area (Å²) in [6.45, 7) is 7.33. The molecule has 0 saturated carbocycles. The summed E-state index contributed by atoms with van der Waals surface area (Å²) in [6, 6.07) is 0. The van der Waals surface area contributed by atoms with Gasteiger partial charge in [0.15, 0.2) is 0 Å². The normalized spacial score (nSPS) is 9.47. The third-order valence-electron chi connectivity index (χ3n) is 1.55. The van der Waals surface area contributed by atoms with Crippen molar-refractivity contribution in [3.05, 3.63) is 25.3 Å². The molecular weight excluding hydrogens is 256 g/mol. The topological polar surface area (TPSA) is 80.3 Å². The maximum atomic E-state index is 11.0. The summed E-state index contributed by atoms with van der Waals surface area (Å²) >= 11 is 0. The van der Waals surface area contributed by atoms with Gasteiger partial charge in [-0.3, -0.25) is 4.89 Å². The number of hydrogen-bond donors (Lipinski definition) is 0. The number of rotatable bonds is 11. The fourth-order valence-corrected chi connectivity index (χ4v) is 0.800. The molecule has 7 heteroatoms. The van der Waals surface area contributed by atoms with Gasteiger partial charge in [0.1, 0.15) is 19.8 Å². The van der Waals surface area contributed by atoms with Crippen LogP contribution in [0.5, 0.6) is 0 Å². The van der Waals surface area contributed by atoms with Gasteiger partial charge in [-0.05, 0) is 0 Å². The van der Waals surface area contributed by atoms with Crippen molar-refractivity contribution < 1.29 is 33.6 Å². The Kier molecular flexibility index (Phi) is 11.4. The van der Waals surface area contributed by atoms with E-state index in [0.717, 1.165) is 0 Å². The summed E-state index contributed by atoms with van der Waals surface area (Å²) in [5, 5.41) is 0. The molecule has 0 bridgehead atoms. The molecule has 0 aromatic heterocycles. The highest BCUT2D eigenvalue weighted by Gasteiger charge is 2.04. The second kappa shape index (κ2) is 12.6. The molecular formula is C12H18O7. The highest BCUT2D eigenvalue weighted by molar-refractivity contribution is 5.68. The maximum Gasteiger partial charge on any atom is 0.508 e. The lowest BCUT2D eigenvalue weighted by Gasteiger charge is -2.05. The quantitative estimate of drug-likeness (QED) is 0.185. The SMILES string of the molecule is C=CCOOC(=O)CCOCCOC(=O)OCC=C. The Labute approximate surface area is 111 Å². The lowest BCUT2D eigenvalue weighted by molar-refractivity contribution is -0.266. The molecule has 0 fully saturated rings. The number of hydrogen-bond acceptors (Lipinski definition) is 7. The first-order valence-corrected chi connectivity index (χ1v) is 5.62. The first-order valence-electron chi connectivity index (χ1n) is 5.62. The van der Waals surface area contributed by atoms with Crippen molar-refractivity contribution in [3.8, 4) is 0 Å². The third-order valence-corrected chi connectivity index (χ3v) is 1.55. The van der Waals surface area contributed by atoms with Crippen LogP contribution in [0.3, 0.4) is 0 Å². The van der Waals surface area contributed by atoms with E-state index in [2.05, 4.69) is 32.4 Å². The Hall–Kier alpha value is -1.86. The van der Waals surface area contributed by atoms with E-state index < -0.39 is 12.1 Å². The van der Waals surface area contributed by atoms with Crippen LogP contribution in [0.15, 0.2) is 25.3 Å². The van der Waals surface area contributed by atoms with E-state index in [-0.39, 0.29) is 39.5 Å². The molecule has 0 rings (SSSR count). The fraction of sp³-hybridized carbons (Fsp3) is 0.500. The van der Waals surface area contributed by atoms with E-state index in [9.17, 15) is 9.59 Å². The molecule has 0 amide bonds. The van der Waals surface area contributed by atoms with Crippen LogP contribution in [0, 0.1) is 0 Å². The van der Waals surface area contributed by atoms with Gasteiger partial charge in [0, 0.05) is 0 Å². The largest absolute Gasteiger partial charge is 0.508 e. The zero-order chi connectivity index (χ0) is 14.3. The van der Waals surface area contributed by atoms with Crippen LogP contribution in [0.2, 0.25) is 0 Å². The summed E-state index contributed by atoms with van der Waals surface area (Å²) in [6.07, 6.45) is 2.13. The van der Waals surface area contributed by atoms with Crippen molar-refractivity contribution in [2.24, 2.45) is 0 Å². The molecule has 0 aliphatic heterocycles. The monoisotopic (exact) mass is 274 g/mol. The molecule has 0 unspecified atom stereocenters. The molecule has 0 atom stereocenters. The molecule has 0 aromatic carbocycles. The Morgan fingerprint density at radius 1 is 0.947 bits per heavy atom. The molecule has 0 spiro atoms. The third kappa shape index (κ3) is 12.4. The minimum absolute atomic E-state index is 0.0397. The number of ether oxygens (including phenoxy) is 3. The first-order chi connectivity index (χ1) is 9.20. The van der Waals surface area contributed by atoms with Gasteiger partial charge in [-0.1, -0.05) is 18.7 Å².